The van der Waals surface area contributed by atoms with Crippen molar-refractivity contribution in [2.24, 2.45) is 0 Å². The van der Waals surface area contributed by atoms with Gasteiger partial charge in [0.2, 0.25) is 10.0 Å². The van der Waals surface area contributed by atoms with Crippen molar-refractivity contribution in [3.05, 3.63) is 59.9 Å². The third-order valence-electron chi connectivity index (χ3n) is 3.43. The number of fused-ring (bicyclic) bond motifs is 1. The Morgan fingerprint density at radius 3 is 2.67 bits per heavy atom. The zero-order chi connectivity index (χ0) is 14.9. The fourth-order valence-electron chi connectivity index (χ4n) is 2.23. The molecule has 21 heavy (non-hydrogen) atoms. The van der Waals surface area contributed by atoms with Gasteiger partial charge in [-0.1, -0.05) is 36.4 Å². The molecule has 0 aliphatic heterocycles. The minimum Gasteiger partial charge on any atom is -0.283 e. The third kappa shape index (κ3) is 2.68. The van der Waals surface area contributed by atoms with Crippen molar-refractivity contribution < 1.29 is 8.42 Å². The summed E-state index contributed by atoms with van der Waals surface area (Å²) in [5, 5.41) is 8.30. The van der Waals surface area contributed by atoms with Gasteiger partial charge in [-0.15, -0.1) is 0 Å². The lowest BCUT2D eigenvalue weighted by atomic mass is 10.1. The van der Waals surface area contributed by atoms with Gasteiger partial charge >= 0.3 is 0 Å². The Hall–Kier alpha value is -2.18. The van der Waals surface area contributed by atoms with Gasteiger partial charge in [-0.25, -0.2) is 13.1 Å². The van der Waals surface area contributed by atoms with Gasteiger partial charge in [0.1, 0.15) is 0 Å². The van der Waals surface area contributed by atoms with E-state index in [2.05, 4.69) is 14.9 Å². The summed E-state index contributed by atoms with van der Waals surface area (Å²) in [5.74, 6) is 0. The normalized spacial score (nSPS) is 11.9. The first-order valence-corrected chi connectivity index (χ1v) is 8.02. The molecule has 0 bridgehead atoms. The minimum absolute atomic E-state index is 0.216. The van der Waals surface area contributed by atoms with Crippen LogP contribution in [-0.2, 0) is 16.6 Å². The molecule has 2 aromatic carbocycles. The lowest BCUT2D eigenvalue weighted by Gasteiger charge is -2.09. The standard InChI is InChI=1S/C15H15N3O2S/c1-11-13(9-16-18-11)10-17-21(19,20)15-8-4-6-12-5-2-3-7-14(12)15/h2-9,17H,10H2,1H3,(H,16,18). The van der Waals surface area contributed by atoms with Crippen molar-refractivity contribution in [3.8, 4) is 0 Å². The number of aryl methyl sites for hydroxylation is 1. The van der Waals surface area contributed by atoms with Crippen molar-refractivity contribution in [3.63, 3.8) is 0 Å². The highest BCUT2D eigenvalue weighted by Gasteiger charge is 2.17. The summed E-state index contributed by atoms with van der Waals surface area (Å²) in [6.45, 7) is 2.07. The van der Waals surface area contributed by atoms with Gasteiger partial charge in [0.05, 0.1) is 11.1 Å². The zero-order valence-electron chi connectivity index (χ0n) is 11.5. The molecular weight excluding hydrogens is 286 g/mol. The summed E-state index contributed by atoms with van der Waals surface area (Å²) in [6.07, 6.45) is 1.63. The van der Waals surface area contributed by atoms with Crippen LogP contribution in [0.4, 0.5) is 0 Å². The molecule has 0 unspecified atom stereocenters. The van der Waals surface area contributed by atoms with E-state index >= 15 is 0 Å². The average Bonchev–Trinajstić information content (AvgIpc) is 2.90. The number of hydrogen-bond acceptors (Lipinski definition) is 3. The van der Waals surface area contributed by atoms with Gasteiger partial charge in [-0.2, -0.15) is 5.10 Å². The van der Waals surface area contributed by atoms with Crippen molar-refractivity contribution >= 4 is 20.8 Å². The van der Waals surface area contributed by atoms with E-state index in [0.29, 0.717) is 4.90 Å². The molecule has 0 fully saturated rings. The van der Waals surface area contributed by atoms with Crippen LogP contribution in [0.25, 0.3) is 10.8 Å². The minimum atomic E-state index is -3.57. The maximum atomic E-state index is 12.5. The highest BCUT2D eigenvalue weighted by Crippen LogP contribution is 2.22. The van der Waals surface area contributed by atoms with Crippen LogP contribution in [-0.4, -0.2) is 18.6 Å². The Morgan fingerprint density at radius 1 is 1.14 bits per heavy atom. The monoisotopic (exact) mass is 301 g/mol. The van der Waals surface area contributed by atoms with Crippen LogP contribution < -0.4 is 4.72 Å². The molecule has 0 amide bonds. The molecule has 0 spiro atoms. The highest BCUT2D eigenvalue weighted by atomic mass is 32.2. The number of benzene rings is 2. The first-order chi connectivity index (χ1) is 10.1. The first-order valence-electron chi connectivity index (χ1n) is 6.54. The summed E-state index contributed by atoms with van der Waals surface area (Å²) < 4.78 is 27.6. The second-order valence-corrected chi connectivity index (χ2v) is 6.56. The summed E-state index contributed by atoms with van der Waals surface area (Å²) in [4.78, 5) is 0.293. The van der Waals surface area contributed by atoms with Crippen molar-refractivity contribution in [2.45, 2.75) is 18.4 Å². The zero-order valence-corrected chi connectivity index (χ0v) is 12.3. The lowest BCUT2D eigenvalue weighted by molar-refractivity contribution is 0.582. The molecule has 0 aliphatic rings. The van der Waals surface area contributed by atoms with Gasteiger partial charge in [-0.05, 0) is 18.4 Å². The van der Waals surface area contributed by atoms with E-state index < -0.39 is 10.0 Å². The van der Waals surface area contributed by atoms with E-state index in [9.17, 15) is 8.42 Å². The molecule has 108 valence electrons. The molecule has 1 aromatic heterocycles. The third-order valence-corrected chi connectivity index (χ3v) is 4.89. The molecule has 3 rings (SSSR count). The second-order valence-electron chi connectivity index (χ2n) is 4.82. The number of nitrogens with one attached hydrogen (secondary N) is 2. The molecule has 3 aromatic rings. The fraction of sp³-hybridized carbons (Fsp3) is 0.133. The summed E-state index contributed by atoms with van der Waals surface area (Å²) in [6, 6.07) is 12.7. The van der Waals surface area contributed by atoms with Gasteiger partial charge in [0.15, 0.2) is 0 Å². The average molecular weight is 301 g/mol. The largest absolute Gasteiger partial charge is 0.283 e. The van der Waals surface area contributed by atoms with Crippen LogP contribution in [0, 0.1) is 6.92 Å². The SMILES string of the molecule is Cc1[nH]ncc1CNS(=O)(=O)c1cccc2ccccc12. The van der Waals surface area contributed by atoms with Crippen molar-refractivity contribution in [1.29, 1.82) is 0 Å². The Balaban J connectivity index is 1.95. The Bertz CT molecular complexity index is 879. The number of aromatic amines is 1. The van der Waals surface area contributed by atoms with Crippen LogP contribution in [0.1, 0.15) is 11.3 Å². The van der Waals surface area contributed by atoms with E-state index in [-0.39, 0.29) is 6.54 Å². The van der Waals surface area contributed by atoms with E-state index in [1.54, 1.807) is 18.3 Å². The predicted molar refractivity (Wildman–Crippen MR) is 81.3 cm³/mol. The topological polar surface area (TPSA) is 74.8 Å². The van der Waals surface area contributed by atoms with Gasteiger partial charge in [-0.3, -0.25) is 5.10 Å². The molecule has 0 radical (unpaired) electrons. The number of aromatic nitrogens is 2. The lowest BCUT2D eigenvalue weighted by Crippen LogP contribution is -2.23. The quantitative estimate of drug-likeness (QED) is 0.776. The van der Waals surface area contributed by atoms with Crippen LogP contribution >= 0.6 is 0 Å². The number of nitrogens with zero attached hydrogens (tertiary/aromatic N) is 1. The van der Waals surface area contributed by atoms with E-state index in [1.807, 2.05) is 37.3 Å². The van der Waals surface area contributed by atoms with Crippen molar-refractivity contribution in [2.75, 3.05) is 0 Å². The van der Waals surface area contributed by atoms with Gasteiger partial charge < -0.3 is 0 Å². The Morgan fingerprint density at radius 2 is 1.90 bits per heavy atom. The Labute approximate surface area is 123 Å². The van der Waals surface area contributed by atoms with Gasteiger partial charge in [0.25, 0.3) is 0 Å². The Kier molecular flexibility index (Phi) is 3.48. The number of hydrogen-bond donors (Lipinski definition) is 2. The number of rotatable bonds is 4. The van der Waals surface area contributed by atoms with Crippen LogP contribution in [0.2, 0.25) is 0 Å². The van der Waals surface area contributed by atoms with Gasteiger partial charge in [0, 0.05) is 23.2 Å². The van der Waals surface area contributed by atoms with E-state index in [1.165, 1.54) is 0 Å². The second kappa shape index (κ2) is 5.31. The molecule has 6 heteroatoms. The van der Waals surface area contributed by atoms with E-state index in [0.717, 1.165) is 22.0 Å². The fourth-order valence-corrected chi connectivity index (χ4v) is 3.47. The summed E-state index contributed by atoms with van der Waals surface area (Å²) in [5.41, 5.74) is 1.69. The first kappa shape index (κ1) is 13.8. The molecule has 0 atom stereocenters. The van der Waals surface area contributed by atoms with E-state index in [4.69, 9.17) is 0 Å². The van der Waals surface area contributed by atoms with Crippen LogP contribution in [0.15, 0.2) is 53.6 Å². The molecule has 0 saturated carbocycles. The molecule has 0 saturated heterocycles. The van der Waals surface area contributed by atoms with Crippen LogP contribution in [0.3, 0.4) is 0 Å². The number of H-pyrrole nitrogens is 1. The smallest absolute Gasteiger partial charge is 0.241 e. The van der Waals surface area contributed by atoms with Crippen molar-refractivity contribution in [1.82, 2.24) is 14.9 Å². The maximum Gasteiger partial charge on any atom is 0.241 e. The molecule has 1 heterocycles. The summed E-state index contributed by atoms with van der Waals surface area (Å²) >= 11 is 0. The van der Waals surface area contributed by atoms with Crippen LogP contribution in [0.5, 0.6) is 0 Å². The predicted octanol–water partition coefficient (Wildman–Crippen LogP) is 2.35. The summed E-state index contributed by atoms with van der Waals surface area (Å²) in [7, 11) is -3.57. The number of sulfonamides is 1. The highest BCUT2D eigenvalue weighted by molar-refractivity contribution is 7.89. The maximum absolute atomic E-state index is 12.5. The molecule has 0 aliphatic carbocycles. The molecule has 2 N–H and O–H groups in total. The molecular formula is C15H15N3O2S. The molecule has 5 nitrogen and oxygen atoms in total.